The van der Waals surface area contributed by atoms with Crippen molar-refractivity contribution in [3.8, 4) is 6.07 Å². The van der Waals surface area contributed by atoms with E-state index >= 15 is 0 Å². The molecule has 1 saturated heterocycles. The van der Waals surface area contributed by atoms with Gasteiger partial charge in [-0.25, -0.2) is 8.42 Å². The Labute approximate surface area is 204 Å². The Morgan fingerprint density at radius 2 is 1.91 bits per heavy atom. The van der Waals surface area contributed by atoms with Crippen LogP contribution in [0, 0.1) is 11.3 Å². The molecule has 180 valence electrons. The summed E-state index contributed by atoms with van der Waals surface area (Å²) < 4.78 is 28.7. The summed E-state index contributed by atoms with van der Waals surface area (Å²) in [7, 11) is -3.98. The van der Waals surface area contributed by atoms with Crippen molar-refractivity contribution in [1.82, 2.24) is 14.9 Å². The molecule has 2 aromatic rings. The number of hydrogen-bond acceptors (Lipinski definition) is 5. The zero-order chi connectivity index (χ0) is 24.5. The Hall–Kier alpha value is -2.67. The van der Waals surface area contributed by atoms with Crippen molar-refractivity contribution in [3.63, 3.8) is 0 Å². The lowest BCUT2D eigenvalue weighted by molar-refractivity contribution is -0.145. The molecule has 1 aliphatic heterocycles. The number of carbonyl (C=O) groups is 2. The average molecular weight is 503 g/mol. The third-order valence-corrected chi connectivity index (χ3v) is 8.54. The lowest BCUT2D eigenvalue weighted by Crippen LogP contribution is -2.60. The smallest absolute Gasteiger partial charge is 0.245 e. The highest BCUT2D eigenvalue weighted by molar-refractivity contribution is 7.89. The van der Waals surface area contributed by atoms with Gasteiger partial charge in [-0.15, -0.1) is 0 Å². The first-order valence-electron chi connectivity index (χ1n) is 11.3. The van der Waals surface area contributed by atoms with Gasteiger partial charge in [0.05, 0.1) is 11.0 Å². The van der Waals surface area contributed by atoms with Gasteiger partial charge in [0.1, 0.15) is 11.6 Å². The lowest BCUT2D eigenvalue weighted by Gasteiger charge is -2.39. The molecule has 0 aromatic heterocycles. The number of carbonyl (C=O) groups excluding carboxylic acids is 2. The van der Waals surface area contributed by atoms with Gasteiger partial charge in [-0.3, -0.25) is 9.59 Å². The highest BCUT2D eigenvalue weighted by Gasteiger charge is 2.48. The molecule has 0 radical (unpaired) electrons. The normalized spacial score (nSPS) is 20.6. The Morgan fingerprint density at radius 3 is 2.59 bits per heavy atom. The molecule has 2 atom stereocenters. The number of sulfonamides is 1. The number of hydrogen-bond donors (Lipinski definition) is 2. The Bertz CT molecular complexity index is 1270. The van der Waals surface area contributed by atoms with E-state index in [2.05, 4.69) is 10.0 Å². The Balaban J connectivity index is 1.52. The quantitative estimate of drug-likeness (QED) is 0.574. The fourth-order valence-corrected chi connectivity index (χ4v) is 5.90. The van der Waals surface area contributed by atoms with Gasteiger partial charge in [-0.2, -0.15) is 9.98 Å². The number of rotatable bonds is 8. The molecule has 8 nitrogen and oxygen atoms in total. The first-order chi connectivity index (χ1) is 16.1. The van der Waals surface area contributed by atoms with Gasteiger partial charge >= 0.3 is 0 Å². The molecule has 4 rings (SSSR count). The van der Waals surface area contributed by atoms with E-state index in [9.17, 15) is 18.0 Å². The molecule has 0 unspecified atom stereocenters. The number of benzene rings is 2. The van der Waals surface area contributed by atoms with Crippen LogP contribution in [-0.4, -0.2) is 49.3 Å². The monoisotopic (exact) mass is 502 g/mol. The van der Waals surface area contributed by atoms with Gasteiger partial charge in [-0.05, 0) is 74.1 Å². The summed E-state index contributed by atoms with van der Waals surface area (Å²) in [6.45, 7) is 1.88. The molecule has 0 spiro atoms. The number of halogens is 1. The molecule has 2 fully saturated rings. The van der Waals surface area contributed by atoms with E-state index in [4.69, 9.17) is 16.9 Å². The zero-order valence-corrected chi connectivity index (χ0v) is 20.5. The number of nitrogens with one attached hydrogen (secondary N) is 2. The molecule has 1 heterocycles. The van der Waals surface area contributed by atoms with Crippen LogP contribution in [0.4, 0.5) is 0 Å². The van der Waals surface area contributed by atoms with Crippen molar-refractivity contribution >= 4 is 44.2 Å². The lowest BCUT2D eigenvalue weighted by atomic mass is 9.88. The fraction of sp³-hybridized carbons (Fsp3) is 0.458. The molecule has 1 aliphatic carbocycles. The molecule has 0 bridgehead atoms. The highest BCUT2D eigenvalue weighted by atomic mass is 35.5. The molecular formula is C24H27ClN4O4S. The number of nitrogens with zero attached hydrogens (tertiary/aromatic N) is 2. The summed E-state index contributed by atoms with van der Waals surface area (Å²) in [5.41, 5.74) is -1.22. The molecule has 34 heavy (non-hydrogen) atoms. The Morgan fingerprint density at radius 1 is 1.21 bits per heavy atom. The third kappa shape index (κ3) is 4.76. The van der Waals surface area contributed by atoms with Gasteiger partial charge in [0.15, 0.2) is 0 Å². The van der Waals surface area contributed by atoms with Gasteiger partial charge in [0, 0.05) is 24.0 Å². The second-order valence-electron chi connectivity index (χ2n) is 9.14. The second kappa shape index (κ2) is 9.53. The van der Waals surface area contributed by atoms with E-state index in [1.165, 1.54) is 17.0 Å². The van der Waals surface area contributed by atoms with Gasteiger partial charge < -0.3 is 10.2 Å². The van der Waals surface area contributed by atoms with E-state index in [0.717, 1.165) is 24.6 Å². The van der Waals surface area contributed by atoms with Crippen LogP contribution in [0.1, 0.15) is 45.4 Å². The molecule has 1 saturated carbocycles. The van der Waals surface area contributed by atoms with Crippen LogP contribution in [-0.2, 0) is 19.6 Å². The number of amides is 2. The maximum Gasteiger partial charge on any atom is 0.245 e. The molecule has 2 aliphatic rings. The van der Waals surface area contributed by atoms with Gasteiger partial charge in [0.25, 0.3) is 0 Å². The zero-order valence-electron chi connectivity index (χ0n) is 18.9. The fourth-order valence-electron chi connectivity index (χ4n) is 4.46. The summed E-state index contributed by atoms with van der Waals surface area (Å²) in [5.74, 6) is -0.752. The van der Waals surface area contributed by atoms with Crippen LogP contribution >= 0.6 is 11.6 Å². The first-order valence-corrected chi connectivity index (χ1v) is 13.2. The van der Waals surface area contributed by atoms with Crippen LogP contribution in [0.3, 0.4) is 0 Å². The van der Waals surface area contributed by atoms with Crippen LogP contribution < -0.4 is 10.0 Å². The van der Waals surface area contributed by atoms with E-state index < -0.39 is 27.5 Å². The summed E-state index contributed by atoms with van der Waals surface area (Å²) in [5, 5.41) is 14.2. The van der Waals surface area contributed by atoms with Crippen LogP contribution in [0.5, 0.6) is 0 Å². The topological polar surface area (TPSA) is 119 Å². The van der Waals surface area contributed by atoms with Crippen molar-refractivity contribution in [2.24, 2.45) is 0 Å². The Kier molecular flexibility index (Phi) is 6.85. The largest absolute Gasteiger partial charge is 0.351 e. The van der Waals surface area contributed by atoms with E-state index in [0.29, 0.717) is 10.4 Å². The van der Waals surface area contributed by atoms with Crippen molar-refractivity contribution in [2.45, 2.75) is 68.0 Å². The number of fused-ring (bicyclic) bond motifs is 1. The minimum absolute atomic E-state index is 0.0449. The number of nitriles is 1. The van der Waals surface area contributed by atoms with Gasteiger partial charge in [0.2, 0.25) is 21.8 Å². The van der Waals surface area contributed by atoms with Crippen molar-refractivity contribution < 1.29 is 18.0 Å². The van der Waals surface area contributed by atoms with Crippen molar-refractivity contribution in [3.05, 3.63) is 41.4 Å². The molecule has 2 N–H and O–H groups in total. The predicted octanol–water partition coefficient (Wildman–Crippen LogP) is 3.10. The van der Waals surface area contributed by atoms with Crippen LogP contribution in [0.15, 0.2) is 41.3 Å². The summed E-state index contributed by atoms with van der Waals surface area (Å²) in [6, 6.07) is 11.0. The molecule has 2 amide bonds. The van der Waals surface area contributed by atoms with Crippen molar-refractivity contribution in [2.75, 3.05) is 6.54 Å². The van der Waals surface area contributed by atoms with Crippen LogP contribution in [0.25, 0.3) is 10.8 Å². The maximum absolute atomic E-state index is 13.3. The average Bonchev–Trinajstić information content (AvgIpc) is 3.13. The number of likely N-dealkylation sites (tertiary alicyclic amines) is 1. The van der Waals surface area contributed by atoms with Gasteiger partial charge in [-0.1, -0.05) is 23.7 Å². The SMILES string of the molecule is C[C@](CCC#N)(C(=O)NC1CCC1)N1CC[C@H](NS(=O)(=O)c2ccc3cc(Cl)ccc3c2)C1=O. The third-order valence-electron chi connectivity index (χ3n) is 6.84. The molecule has 10 heteroatoms. The first kappa shape index (κ1) is 24.5. The van der Waals surface area contributed by atoms with E-state index in [1.54, 1.807) is 31.2 Å². The second-order valence-corrected chi connectivity index (χ2v) is 11.3. The standard InChI is InChI=1S/C24H27ClN4O4S/c1-24(11-3-12-26,23(31)27-19-4-2-5-19)29-13-10-21(22(29)30)28-34(32,33)20-9-7-16-14-18(25)8-6-17(16)15-20/h6-9,14-15,19,21,28H,2-5,10-11,13H2,1H3,(H,27,31)/t21-,24-/m0/s1. The maximum atomic E-state index is 13.3. The predicted molar refractivity (Wildman–Crippen MR) is 128 cm³/mol. The van der Waals surface area contributed by atoms with E-state index in [-0.39, 0.29) is 42.7 Å². The minimum Gasteiger partial charge on any atom is -0.351 e. The molecular weight excluding hydrogens is 476 g/mol. The summed E-state index contributed by atoms with van der Waals surface area (Å²) >= 11 is 6.00. The summed E-state index contributed by atoms with van der Waals surface area (Å²) in [4.78, 5) is 27.8. The van der Waals surface area contributed by atoms with Crippen LogP contribution in [0.2, 0.25) is 5.02 Å². The van der Waals surface area contributed by atoms with E-state index in [1.807, 2.05) is 6.07 Å². The molecule has 2 aromatic carbocycles. The van der Waals surface area contributed by atoms with Crippen molar-refractivity contribution in [1.29, 1.82) is 5.26 Å². The summed E-state index contributed by atoms with van der Waals surface area (Å²) in [6.07, 6.45) is 3.37. The highest BCUT2D eigenvalue weighted by Crippen LogP contribution is 2.30. The minimum atomic E-state index is -3.98.